The first-order valence-corrected chi connectivity index (χ1v) is 10.9. The van der Waals surface area contributed by atoms with Crippen LogP contribution in [-0.2, 0) is 4.79 Å². The van der Waals surface area contributed by atoms with Crippen LogP contribution in [-0.4, -0.2) is 27.3 Å². The lowest BCUT2D eigenvalue weighted by atomic mass is 10.0. The number of rotatable bonds is 7. The molecule has 2 aromatic carbocycles. The maximum Gasteiger partial charge on any atom is 0.262 e. The van der Waals surface area contributed by atoms with E-state index in [0.717, 1.165) is 12.8 Å². The molecule has 1 saturated carbocycles. The maximum atomic E-state index is 13.0. The maximum absolute atomic E-state index is 13.0. The standard InChI is InChI=1S/C23H25N3O2S/c1-15(17-8-4-3-5-9-17)14-24-21(27)16(2)29-23-25-20-11-7-6-10-19(20)22(28)26(23)18-12-13-18/h3-11,15-16,18H,12-14H2,1-2H3,(H,24,27). The quantitative estimate of drug-likeness (QED) is 0.472. The fourth-order valence-corrected chi connectivity index (χ4v) is 4.38. The topological polar surface area (TPSA) is 64.0 Å². The molecule has 1 N–H and O–H groups in total. The van der Waals surface area contributed by atoms with E-state index >= 15 is 0 Å². The molecule has 150 valence electrons. The Hall–Kier alpha value is -2.60. The summed E-state index contributed by atoms with van der Waals surface area (Å²) < 4.78 is 1.78. The van der Waals surface area contributed by atoms with Crippen molar-refractivity contribution in [1.82, 2.24) is 14.9 Å². The second kappa shape index (κ2) is 8.41. The third-order valence-corrected chi connectivity index (χ3v) is 6.36. The summed E-state index contributed by atoms with van der Waals surface area (Å²) in [6.45, 7) is 4.54. The van der Waals surface area contributed by atoms with Crippen LogP contribution in [0.2, 0.25) is 0 Å². The minimum atomic E-state index is -0.337. The molecule has 4 rings (SSSR count). The Morgan fingerprint density at radius 1 is 1.14 bits per heavy atom. The Kier molecular flexibility index (Phi) is 5.72. The van der Waals surface area contributed by atoms with Gasteiger partial charge in [0.15, 0.2) is 5.16 Å². The number of fused-ring (bicyclic) bond motifs is 1. The van der Waals surface area contributed by atoms with Crippen LogP contribution < -0.4 is 10.9 Å². The third-order valence-electron chi connectivity index (χ3n) is 5.29. The first-order chi connectivity index (χ1) is 14.0. The Labute approximate surface area is 174 Å². The summed E-state index contributed by atoms with van der Waals surface area (Å²) in [7, 11) is 0. The number of benzene rings is 2. The molecule has 2 atom stereocenters. The van der Waals surface area contributed by atoms with Crippen molar-refractivity contribution in [2.45, 2.75) is 49.1 Å². The highest BCUT2D eigenvalue weighted by atomic mass is 32.2. The molecule has 1 aliphatic rings. The number of hydrogen-bond donors (Lipinski definition) is 1. The number of nitrogens with one attached hydrogen (secondary N) is 1. The predicted octanol–water partition coefficient (Wildman–Crippen LogP) is 4.13. The van der Waals surface area contributed by atoms with Gasteiger partial charge in [-0.05, 0) is 43.4 Å². The smallest absolute Gasteiger partial charge is 0.262 e. The van der Waals surface area contributed by atoms with Gasteiger partial charge in [-0.2, -0.15) is 0 Å². The van der Waals surface area contributed by atoms with E-state index < -0.39 is 0 Å². The molecule has 2 unspecified atom stereocenters. The van der Waals surface area contributed by atoms with E-state index in [1.54, 1.807) is 4.57 Å². The van der Waals surface area contributed by atoms with E-state index in [4.69, 9.17) is 4.98 Å². The van der Waals surface area contributed by atoms with Gasteiger partial charge >= 0.3 is 0 Å². The van der Waals surface area contributed by atoms with Crippen molar-refractivity contribution in [3.05, 3.63) is 70.5 Å². The number of thioether (sulfide) groups is 1. The van der Waals surface area contributed by atoms with Crippen LogP contribution in [0.4, 0.5) is 0 Å². The number of hydrogen-bond acceptors (Lipinski definition) is 4. The Balaban J connectivity index is 1.48. The van der Waals surface area contributed by atoms with Crippen molar-refractivity contribution < 1.29 is 4.79 Å². The summed E-state index contributed by atoms with van der Waals surface area (Å²) in [5.74, 6) is 0.198. The van der Waals surface area contributed by atoms with E-state index in [9.17, 15) is 9.59 Å². The van der Waals surface area contributed by atoms with Gasteiger partial charge in [-0.3, -0.25) is 14.2 Å². The van der Waals surface area contributed by atoms with Crippen LogP contribution in [0.1, 0.15) is 44.2 Å². The summed E-state index contributed by atoms with van der Waals surface area (Å²) >= 11 is 1.36. The van der Waals surface area contributed by atoms with Crippen molar-refractivity contribution in [2.24, 2.45) is 0 Å². The largest absolute Gasteiger partial charge is 0.355 e. The molecule has 5 nitrogen and oxygen atoms in total. The van der Waals surface area contributed by atoms with Crippen LogP contribution >= 0.6 is 11.8 Å². The van der Waals surface area contributed by atoms with Crippen molar-refractivity contribution in [3.8, 4) is 0 Å². The summed E-state index contributed by atoms with van der Waals surface area (Å²) in [4.78, 5) is 30.4. The molecule has 1 amide bonds. The normalized spacial score (nSPS) is 15.8. The Morgan fingerprint density at radius 3 is 2.55 bits per heavy atom. The van der Waals surface area contributed by atoms with Crippen LogP contribution in [0.25, 0.3) is 10.9 Å². The number of para-hydroxylation sites is 1. The highest BCUT2D eigenvalue weighted by Gasteiger charge is 2.30. The van der Waals surface area contributed by atoms with Gasteiger partial charge < -0.3 is 5.32 Å². The number of carbonyl (C=O) groups is 1. The van der Waals surface area contributed by atoms with Gasteiger partial charge in [0.05, 0.1) is 16.2 Å². The molecule has 0 spiro atoms. The van der Waals surface area contributed by atoms with E-state index in [1.165, 1.54) is 17.3 Å². The molecule has 0 radical (unpaired) electrons. The van der Waals surface area contributed by atoms with Crippen molar-refractivity contribution in [1.29, 1.82) is 0 Å². The number of nitrogens with zero attached hydrogens (tertiary/aromatic N) is 2. The fraction of sp³-hybridized carbons (Fsp3) is 0.348. The molecular weight excluding hydrogens is 382 g/mol. The van der Waals surface area contributed by atoms with Gasteiger partial charge in [0.25, 0.3) is 5.56 Å². The zero-order chi connectivity index (χ0) is 20.4. The van der Waals surface area contributed by atoms with Gasteiger partial charge in [-0.15, -0.1) is 0 Å². The number of aromatic nitrogens is 2. The molecule has 1 aromatic heterocycles. The van der Waals surface area contributed by atoms with Gasteiger partial charge in [0, 0.05) is 12.6 Å². The molecule has 3 aromatic rings. The summed E-state index contributed by atoms with van der Waals surface area (Å²) in [5.41, 5.74) is 1.87. The molecule has 29 heavy (non-hydrogen) atoms. The molecule has 1 aliphatic carbocycles. The summed E-state index contributed by atoms with van der Waals surface area (Å²) in [5, 5.41) is 3.98. The minimum Gasteiger partial charge on any atom is -0.355 e. The molecule has 0 bridgehead atoms. The molecule has 0 saturated heterocycles. The molecular formula is C23H25N3O2S. The highest BCUT2D eigenvalue weighted by Crippen LogP contribution is 2.37. The zero-order valence-corrected chi connectivity index (χ0v) is 17.5. The van der Waals surface area contributed by atoms with Crippen molar-refractivity contribution in [3.63, 3.8) is 0 Å². The van der Waals surface area contributed by atoms with Gasteiger partial charge in [-0.1, -0.05) is 61.2 Å². The zero-order valence-electron chi connectivity index (χ0n) is 16.7. The highest BCUT2D eigenvalue weighted by molar-refractivity contribution is 8.00. The predicted molar refractivity (Wildman–Crippen MR) is 117 cm³/mol. The average molecular weight is 408 g/mol. The van der Waals surface area contributed by atoms with E-state index in [2.05, 4.69) is 24.4 Å². The Morgan fingerprint density at radius 2 is 1.83 bits per heavy atom. The summed E-state index contributed by atoms with van der Waals surface area (Å²) in [6.07, 6.45) is 1.98. The van der Waals surface area contributed by atoms with Crippen LogP contribution in [0.15, 0.2) is 64.5 Å². The van der Waals surface area contributed by atoms with Crippen molar-refractivity contribution >= 4 is 28.6 Å². The van der Waals surface area contributed by atoms with Crippen LogP contribution in [0.5, 0.6) is 0 Å². The monoisotopic (exact) mass is 407 g/mol. The van der Waals surface area contributed by atoms with Crippen molar-refractivity contribution in [2.75, 3.05) is 6.54 Å². The lowest BCUT2D eigenvalue weighted by Crippen LogP contribution is -2.34. The lowest BCUT2D eigenvalue weighted by molar-refractivity contribution is -0.120. The first-order valence-electron chi connectivity index (χ1n) is 10.0. The first kappa shape index (κ1) is 19.7. The Bertz CT molecular complexity index is 1080. The fourth-order valence-electron chi connectivity index (χ4n) is 3.37. The molecule has 1 heterocycles. The minimum absolute atomic E-state index is 0.00842. The van der Waals surface area contributed by atoms with Gasteiger partial charge in [0.2, 0.25) is 5.91 Å². The second-order valence-corrected chi connectivity index (χ2v) is 8.94. The second-order valence-electron chi connectivity index (χ2n) is 7.63. The number of carbonyl (C=O) groups excluding carboxylic acids is 1. The van der Waals surface area contributed by atoms with E-state index in [-0.39, 0.29) is 28.7 Å². The van der Waals surface area contributed by atoms with Gasteiger partial charge in [-0.25, -0.2) is 4.98 Å². The van der Waals surface area contributed by atoms with Crippen LogP contribution in [0.3, 0.4) is 0 Å². The summed E-state index contributed by atoms with van der Waals surface area (Å²) in [6, 6.07) is 17.8. The lowest BCUT2D eigenvalue weighted by Gasteiger charge is -2.18. The van der Waals surface area contributed by atoms with E-state index in [0.29, 0.717) is 22.6 Å². The third kappa shape index (κ3) is 4.37. The van der Waals surface area contributed by atoms with Gasteiger partial charge in [0.1, 0.15) is 0 Å². The SMILES string of the molecule is CC(Sc1nc2ccccc2c(=O)n1C1CC1)C(=O)NCC(C)c1ccccc1. The molecule has 1 fully saturated rings. The number of amides is 1. The average Bonchev–Trinajstić information content (AvgIpc) is 3.57. The molecule has 6 heteroatoms. The molecule has 0 aliphatic heterocycles. The van der Waals surface area contributed by atoms with E-state index in [1.807, 2.05) is 49.4 Å². The van der Waals surface area contributed by atoms with Crippen LogP contribution in [0, 0.1) is 0 Å².